The van der Waals surface area contributed by atoms with E-state index in [0.29, 0.717) is 11.3 Å². The highest BCUT2D eigenvalue weighted by Crippen LogP contribution is 2.24. The summed E-state index contributed by atoms with van der Waals surface area (Å²) >= 11 is 1.56. The van der Waals surface area contributed by atoms with Crippen molar-refractivity contribution in [2.24, 2.45) is 0 Å². The summed E-state index contributed by atoms with van der Waals surface area (Å²) in [4.78, 5) is 31.6. The zero-order valence-corrected chi connectivity index (χ0v) is 15.7. The number of benzene rings is 1. The van der Waals surface area contributed by atoms with Crippen molar-refractivity contribution in [3.8, 4) is 0 Å². The molecule has 2 amide bonds. The van der Waals surface area contributed by atoms with Crippen molar-refractivity contribution in [3.63, 3.8) is 0 Å². The van der Waals surface area contributed by atoms with E-state index in [4.69, 9.17) is 0 Å². The molecule has 0 unspecified atom stereocenters. The van der Waals surface area contributed by atoms with Gasteiger partial charge in [0, 0.05) is 23.8 Å². The van der Waals surface area contributed by atoms with Crippen LogP contribution in [0.25, 0.3) is 5.65 Å². The fraction of sp³-hybridized carbons (Fsp3) is 0.211. The highest BCUT2D eigenvalue weighted by Gasteiger charge is 2.18. The molecule has 0 saturated heterocycles. The summed E-state index contributed by atoms with van der Waals surface area (Å²) in [5, 5.41) is 2.86. The van der Waals surface area contributed by atoms with E-state index in [1.807, 2.05) is 60.0 Å². The molecule has 1 aromatic carbocycles. The Balaban J connectivity index is 1.70. The summed E-state index contributed by atoms with van der Waals surface area (Å²) in [5.74, 6) is -0.538. The maximum atomic E-state index is 12.6. The largest absolute Gasteiger partial charge is 0.331 e. The lowest BCUT2D eigenvalue weighted by Crippen LogP contribution is -2.35. The number of carbonyl (C=O) groups excluding carboxylic acids is 2. The number of carbonyl (C=O) groups is 2. The Morgan fingerprint density at radius 2 is 1.96 bits per heavy atom. The number of aryl methyl sites for hydroxylation is 1. The first kappa shape index (κ1) is 18.0. The molecular formula is C19H20N4O2S. The summed E-state index contributed by atoms with van der Waals surface area (Å²) < 4.78 is 1.86. The van der Waals surface area contributed by atoms with Crippen LogP contribution in [0.1, 0.15) is 16.2 Å². The molecule has 0 atom stereocenters. The van der Waals surface area contributed by atoms with Crippen LogP contribution in [0.2, 0.25) is 0 Å². The van der Waals surface area contributed by atoms with Crippen LogP contribution in [0.3, 0.4) is 0 Å². The Morgan fingerprint density at radius 3 is 2.69 bits per heavy atom. The number of thioether (sulfide) groups is 1. The Kier molecular flexibility index (Phi) is 5.27. The number of amides is 2. The van der Waals surface area contributed by atoms with Crippen LogP contribution < -0.4 is 5.32 Å². The molecule has 0 aliphatic rings. The molecule has 6 nitrogen and oxygen atoms in total. The Labute approximate surface area is 156 Å². The smallest absolute Gasteiger partial charge is 0.274 e. The molecule has 2 aromatic heterocycles. The van der Waals surface area contributed by atoms with Gasteiger partial charge in [0.2, 0.25) is 5.91 Å². The van der Waals surface area contributed by atoms with Crippen molar-refractivity contribution in [2.45, 2.75) is 11.8 Å². The predicted molar refractivity (Wildman–Crippen MR) is 104 cm³/mol. The molecular weight excluding hydrogens is 348 g/mol. The van der Waals surface area contributed by atoms with Gasteiger partial charge >= 0.3 is 0 Å². The topological polar surface area (TPSA) is 66.7 Å². The highest BCUT2D eigenvalue weighted by molar-refractivity contribution is 7.98. The maximum absolute atomic E-state index is 12.6. The fourth-order valence-corrected chi connectivity index (χ4v) is 3.23. The van der Waals surface area contributed by atoms with Gasteiger partial charge in [0.05, 0.1) is 12.2 Å². The van der Waals surface area contributed by atoms with Crippen LogP contribution in [0.5, 0.6) is 0 Å². The lowest BCUT2D eigenvalue weighted by atomic mass is 10.3. The van der Waals surface area contributed by atoms with Gasteiger partial charge in [-0.15, -0.1) is 11.8 Å². The summed E-state index contributed by atoms with van der Waals surface area (Å²) in [6.45, 7) is 1.90. The number of aromatic nitrogens is 2. The van der Waals surface area contributed by atoms with Crippen molar-refractivity contribution < 1.29 is 9.59 Å². The minimum absolute atomic E-state index is 0.0472. The lowest BCUT2D eigenvalue weighted by molar-refractivity contribution is -0.116. The number of pyridine rings is 1. The van der Waals surface area contributed by atoms with E-state index in [1.54, 1.807) is 25.0 Å². The van der Waals surface area contributed by atoms with Crippen LogP contribution in [0, 0.1) is 6.92 Å². The van der Waals surface area contributed by atoms with E-state index >= 15 is 0 Å². The van der Waals surface area contributed by atoms with Crippen LogP contribution in [-0.4, -0.2) is 45.9 Å². The quantitative estimate of drug-likeness (QED) is 0.703. The number of nitrogens with one attached hydrogen (secondary N) is 1. The first-order valence-electron chi connectivity index (χ1n) is 8.12. The van der Waals surface area contributed by atoms with Gasteiger partial charge in [-0.2, -0.15) is 0 Å². The van der Waals surface area contributed by atoms with Crippen molar-refractivity contribution in [1.82, 2.24) is 14.3 Å². The van der Waals surface area contributed by atoms with Crippen LogP contribution in [-0.2, 0) is 4.79 Å². The second-order valence-electron chi connectivity index (χ2n) is 5.93. The van der Waals surface area contributed by atoms with E-state index in [-0.39, 0.29) is 18.4 Å². The van der Waals surface area contributed by atoms with Crippen LogP contribution in [0.4, 0.5) is 5.69 Å². The van der Waals surface area contributed by atoms with Crippen LogP contribution in [0.15, 0.2) is 53.6 Å². The standard InChI is InChI=1S/C19H20N4O2S/c1-13-7-6-10-17-20-15(11-23(13)17)19(25)22(2)12-18(24)21-14-8-4-5-9-16(14)26-3/h4-11H,12H2,1-3H3,(H,21,24). The normalized spacial score (nSPS) is 10.7. The summed E-state index contributed by atoms with van der Waals surface area (Å²) in [7, 11) is 1.60. The maximum Gasteiger partial charge on any atom is 0.274 e. The number of hydrogen-bond donors (Lipinski definition) is 1. The van der Waals surface area contributed by atoms with Crippen molar-refractivity contribution in [1.29, 1.82) is 0 Å². The number of hydrogen-bond acceptors (Lipinski definition) is 4. The molecule has 0 spiro atoms. The highest BCUT2D eigenvalue weighted by atomic mass is 32.2. The van der Waals surface area contributed by atoms with E-state index in [0.717, 1.165) is 16.3 Å². The Bertz CT molecular complexity index is 967. The van der Waals surface area contributed by atoms with E-state index in [1.165, 1.54) is 4.90 Å². The molecule has 26 heavy (non-hydrogen) atoms. The molecule has 0 radical (unpaired) electrons. The summed E-state index contributed by atoms with van der Waals surface area (Å²) in [6, 6.07) is 13.3. The molecule has 0 fully saturated rings. The molecule has 134 valence electrons. The van der Waals surface area contributed by atoms with E-state index < -0.39 is 0 Å². The number of para-hydroxylation sites is 1. The SMILES string of the molecule is CSc1ccccc1NC(=O)CN(C)C(=O)c1cn2c(C)cccc2n1. The number of imidazole rings is 1. The second kappa shape index (κ2) is 7.61. The summed E-state index contributed by atoms with van der Waals surface area (Å²) in [5.41, 5.74) is 2.76. The second-order valence-corrected chi connectivity index (χ2v) is 6.78. The zero-order valence-electron chi connectivity index (χ0n) is 14.9. The molecule has 3 rings (SSSR count). The third kappa shape index (κ3) is 3.72. The monoisotopic (exact) mass is 368 g/mol. The number of fused-ring (bicyclic) bond motifs is 1. The van der Waals surface area contributed by atoms with Crippen LogP contribution >= 0.6 is 11.8 Å². The lowest BCUT2D eigenvalue weighted by Gasteiger charge is -2.16. The molecule has 0 saturated carbocycles. The van der Waals surface area contributed by atoms with Crippen molar-refractivity contribution >= 4 is 34.9 Å². The molecule has 1 N–H and O–H groups in total. The predicted octanol–water partition coefficient (Wildman–Crippen LogP) is 3.08. The zero-order chi connectivity index (χ0) is 18.7. The van der Waals surface area contributed by atoms with Crippen molar-refractivity contribution in [3.05, 3.63) is 60.0 Å². The number of likely N-dealkylation sites (N-methyl/N-ethyl adjacent to an activating group) is 1. The van der Waals surface area contributed by atoms with Gasteiger partial charge in [-0.25, -0.2) is 4.98 Å². The average Bonchev–Trinajstić information content (AvgIpc) is 3.07. The van der Waals surface area contributed by atoms with Gasteiger partial charge in [-0.3, -0.25) is 9.59 Å². The first-order chi connectivity index (χ1) is 12.5. The number of nitrogens with zero attached hydrogens (tertiary/aromatic N) is 3. The van der Waals surface area contributed by atoms with Gasteiger partial charge in [0.1, 0.15) is 11.3 Å². The number of rotatable bonds is 5. The molecule has 0 bridgehead atoms. The number of anilines is 1. The molecule has 0 aliphatic carbocycles. The third-order valence-electron chi connectivity index (χ3n) is 4.02. The van der Waals surface area contributed by atoms with Gasteiger partial charge in [-0.1, -0.05) is 18.2 Å². The molecule has 3 aromatic rings. The fourth-order valence-electron chi connectivity index (χ4n) is 2.67. The van der Waals surface area contributed by atoms with Gasteiger partial charge in [-0.05, 0) is 37.4 Å². The Morgan fingerprint density at radius 1 is 1.19 bits per heavy atom. The third-order valence-corrected chi connectivity index (χ3v) is 4.82. The Hall–Kier alpha value is -2.80. The minimum atomic E-state index is -0.290. The molecule has 7 heteroatoms. The first-order valence-corrected chi connectivity index (χ1v) is 9.35. The summed E-state index contributed by atoms with van der Waals surface area (Å²) in [6.07, 6.45) is 3.65. The molecule has 0 aliphatic heterocycles. The molecule has 2 heterocycles. The average molecular weight is 368 g/mol. The van der Waals surface area contributed by atoms with E-state index in [9.17, 15) is 9.59 Å². The van der Waals surface area contributed by atoms with Gasteiger partial charge < -0.3 is 14.6 Å². The van der Waals surface area contributed by atoms with E-state index in [2.05, 4.69) is 10.3 Å². The van der Waals surface area contributed by atoms with Gasteiger partial charge in [0.25, 0.3) is 5.91 Å². The minimum Gasteiger partial charge on any atom is -0.331 e. The van der Waals surface area contributed by atoms with Gasteiger partial charge in [0.15, 0.2) is 0 Å². The van der Waals surface area contributed by atoms with Crippen molar-refractivity contribution in [2.75, 3.05) is 25.2 Å².